The van der Waals surface area contributed by atoms with E-state index in [1.807, 2.05) is 0 Å². The van der Waals surface area contributed by atoms with Crippen molar-refractivity contribution in [2.75, 3.05) is 39.4 Å². The number of hydrogen-bond donors (Lipinski definition) is 3. The first kappa shape index (κ1) is 13.2. The summed E-state index contributed by atoms with van der Waals surface area (Å²) in [5.41, 5.74) is 0. The molecule has 1 aliphatic rings. The van der Waals surface area contributed by atoms with E-state index >= 15 is 0 Å². The lowest BCUT2D eigenvalue weighted by Crippen LogP contribution is -2.38. The van der Waals surface area contributed by atoms with Gasteiger partial charge in [-0.25, -0.2) is 9.59 Å². The Morgan fingerprint density at radius 1 is 1.47 bits per heavy atom. The highest BCUT2D eigenvalue weighted by atomic mass is 16.5. The maximum atomic E-state index is 11.1. The molecule has 0 spiro atoms. The quantitative estimate of drug-likeness (QED) is 0.492. The number of nitrogens with zero attached hydrogens (tertiary/aromatic N) is 1. The first-order chi connectivity index (χ1) is 8.09. The number of carbonyl (C=O) groups excluding carboxylic acids is 2. The van der Waals surface area contributed by atoms with Crippen LogP contribution in [0.5, 0.6) is 0 Å². The predicted molar refractivity (Wildman–Crippen MR) is 56.4 cm³/mol. The van der Waals surface area contributed by atoms with Crippen molar-refractivity contribution in [2.45, 2.75) is 0 Å². The molecule has 3 N–H and O–H groups in total. The summed E-state index contributed by atoms with van der Waals surface area (Å²) in [7, 11) is 0. The normalized spacial score (nSPS) is 14.6. The van der Waals surface area contributed by atoms with Gasteiger partial charge < -0.3 is 25.4 Å². The molecule has 1 rings (SSSR count). The lowest BCUT2D eigenvalue weighted by molar-refractivity contribution is -0.143. The first-order valence-electron chi connectivity index (χ1n) is 5.18. The lowest BCUT2D eigenvalue weighted by Gasteiger charge is -2.14. The molecule has 1 fully saturated rings. The van der Waals surface area contributed by atoms with Crippen LogP contribution in [0.1, 0.15) is 0 Å². The van der Waals surface area contributed by atoms with Crippen LogP contribution in [0.2, 0.25) is 0 Å². The van der Waals surface area contributed by atoms with Crippen LogP contribution < -0.4 is 10.6 Å². The van der Waals surface area contributed by atoms with Gasteiger partial charge in [-0.2, -0.15) is 0 Å². The largest absolute Gasteiger partial charge is 0.480 e. The zero-order valence-electron chi connectivity index (χ0n) is 9.27. The van der Waals surface area contributed by atoms with Crippen LogP contribution in [0, 0.1) is 0 Å². The van der Waals surface area contributed by atoms with Crippen molar-refractivity contribution in [1.29, 1.82) is 0 Å². The van der Waals surface area contributed by atoms with E-state index < -0.39 is 18.5 Å². The average Bonchev–Trinajstić information content (AvgIpc) is 2.64. The second-order valence-corrected chi connectivity index (χ2v) is 3.46. The third-order valence-corrected chi connectivity index (χ3v) is 2.11. The molecule has 0 atom stereocenters. The minimum absolute atomic E-state index is 0.138. The molecular formula is C9H15N3O5. The molecule has 0 aromatic carbocycles. The van der Waals surface area contributed by atoms with Crippen molar-refractivity contribution in [3.8, 4) is 0 Å². The van der Waals surface area contributed by atoms with E-state index in [0.29, 0.717) is 26.2 Å². The maximum absolute atomic E-state index is 11.1. The fraction of sp³-hybridized carbons (Fsp3) is 0.667. The van der Waals surface area contributed by atoms with Crippen LogP contribution in [0.4, 0.5) is 4.79 Å². The van der Waals surface area contributed by atoms with E-state index in [2.05, 4.69) is 15.4 Å². The van der Waals surface area contributed by atoms with Crippen molar-refractivity contribution in [2.24, 2.45) is 0 Å². The fourth-order valence-electron chi connectivity index (χ4n) is 1.34. The molecule has 0 aromatic rings. The van der Waals surface area contributed by atoms with Gasteiger partial charge in [-0.15, -0.1) is 0 Å². The minimum Gasteiger partial charge on any atom is -0.480 e. The minimum atomic E-state index is -1.12. The second kappa shape index (κ2) is 6.69. The van der Waals surface area contributed by atoms with Crippen LogP contribution >= 0.6 is 0 Å². The summed E-state index contributed by atoms with van der Waals surface area (Å²) in [6, 6.07) is -0.138. The Kier molecular flexibility index (Phi) is 5.21. The molecular weight excluding hydrogens is 230 g/mol. The fourth-order valence-corrected chi connectivity index (χ4v) is 1.34. The van der Waals surface area contributed by atoms with Crippen LogP contribution in [0.15, 0.2) is 0 Å². The number of hydrogen-bond acceptors (Lipinski definition) is 4. The molecule has 0 aromatic heterocycles. The van der Waals surface area contributed by atoms with E-state index in [0.717, 1.165) is 0 Å². The van der Waals surface area contributed by atoms with Crippen molar-refractivity contribution in [1.82, 2.24) is 15.5 Å². The number of carboxylic acid groups (broad SMARTS) is 1. The number of aliphatic carboxylic acids is 1. The molecule has 8 nitrogen and oxygen atoms in total. The topological polar surface area (TPSA) is 108 Å². The van der Waals surface area contributed by atoms with Gasteiger partial charge in [0.1, 0.15) is 13.2 Å². The number of nitrogens with one attached hydrogen (secondary N) is 2. The van der Waals surface area contributed by atoms with Gasteiger partial charge in [0, 0.05) is 26.2 Å². The molecule has 1 aliphatic heterocycles. The smallest absolute Gasteiger partial charge is 0.329 e. The van der Waals surface area contributed by atoms with Crippen LogP contribution in [-0.4, -0.2) is 67.3 Å². The van der Waals surface area contributed by atoms with Gasteiger partial charge in [0.2, 0.25) is 5.91 Å². The van der Waals surface area contributed by atoms with E-state index in [-0.39, 0.29) is 12.6 Å². The molecule has 96 valence electrons. The Balaban J connectivity index is 2.03. The first-order valence-corrected chi connectivity index (χ1v) is 5.18. The van der Waals surface area contributed by atoms with Crippen molar-refractivity contribution >= 4 is 17.9 Å². The van der Waals surface area contributed by atoms with Crippen LogP contribution in [0.25, 0.3) is 0 Å². The van der Waals surface area contributed by atoms with Gasteiger partial charge in [-0.05, 0) is 0 Å². The standard InChI is InChI=1S/C9H15N3O5/c13-7(5-17-6-8(14)15)10-1-3-12-4-2-11-9(12)16/h1-6H2,(H,10,13)(H,11,16)(H,14,15). The third kappa shape index (κ3) is 5.16. The number of ether oxygens (including phenoxy) is 1. The molecule has 0 radical (unpaired) electrons. The molecule has 0 saturated carbocycles. The van der Waals surface area contributed by atoms with Gasteiger partial charge >= 0.3 is 12.0 Å². The van der Waals surface area contributed by atoms with E-state index in [4.69, 9.17) is 5.11 Å². The SMILES string of the molecule is O=C(O)COCC(=O)NCCN1CCNC1=O. The summed E-state index contributed by atoms with van der Waals surface area (Å²) in [4.78, 5) is 33.9. The lowest BCUT2D eigenvalue weighted by atomic mass is 10.5. The zero-order chi connectivity index (χ0) is 12.7. The molecule has 1 saturated heterocycles. The van der Waals surface area contributed by atoms with Gasteiger partial charge in [-0.3, -0.25) is 4.79 Å². The Labute approximate surface area is 97.9 Å². The van der Waals surface area contributed by atoms with Crippen molar-refractivity contribution < 1.29 is 24.2 Å². The van der Waals surface area contributed by atoms with Crippen molar-refractivity contribution in [3.05, 3.63) is 0 Å². The van der Waals surface area contributed by atoms with Gasteiger partial charge in [0.25, 0.3) is 0 Å². The summed E-state index contributed by atoms with van der Waals surface area (Å²) in [6.45, 7) is 1.21. The maximum Gasteiger partial charge on any atom is 0.329 e. The number of amides is 3. The molecule has 17 heavy (non-hydrogen) atoms. The highest BCUT2D eigenvalue weighted by Gasteiger charge is 2.18. The number of carboxylic acids is 1. The summed E-state index contributed by atoms with van der Waals surface area (Å²) < 4.78 is 4.60. The number of carbonyl (C=O) groups is 3. The molecule has 0 aliphatic carbocycles. The molecule has 0 bridgehead atoms. The Hall–Kier alpha value is -1.83. The molecule has 0 unspecified atom stereocenters. The van der Waals surface area contributed by atoms with E-state index in [1.54, 1.807) is 4.90 Å². The highest BCUT2D eigenvalue weighted by molar-refractivity contribution is 5.78. The monoisotopic (exact) mass is 245 g/mol. The van der Waals surface area contributed by atoms with Crippen LogP contribution in [-0.2, 0) is 14.3 Å². The summed E-state index contributed by atoms with van der Waals surface area (Å²) >= 11 is 0. The van der Waals surface area contributed by atoms with E-state index in [1.165, 1.54) is 0 Å². The second-order valence-electron chi connectivity index (χ2n) is 3.46. The molecule has 8 heteroatoms. The average molecular weight is 245 g/mol. The number of urea groups is 1. The Morgan fingerprint density at radius 3 is 2.82 bits per heavy atom. The Morgan fingerprint density at radius 2 is 2.24 bits per heavy atom. The molecule has 1 heterocycles. The zero-order valence-corrected chi connectivity index (χ0v) is 9.27. The Bertz CT molecular complexity index is 307. The van der Waals surface area contributed by atoms with Crippen molar-refractivity contribution in [3.63, 3.8) is 0 Å². The summed E-state index contributed by atoms with van der Waals surface area (Å²) in [6.07, 6.45) is 0. The van der Waals surface area contributed by atoms with Crippen LogP contribution in [0.3, 0.4) is 0 Å². The third-order valence-electron chi connectivity index (χ3n) is 2.11. The summed E-state index contributed by atoms with van der Waals surface area (Å²) in [5.74, 6) is -1.52. The highest BCUT2D eigenvalue weighted by Crippen LogP contribution is 1.94. The summed E-state index contributed by atoms with van der Waals surface area (Å²) in [5, 5.41) is 13.4. The van der Waals surface area contributed by atoms with Gasteiger partial charge in [0.05, 0.1) is 0 Å². The molecule has 3 amide bonds. The number of rotatable bonds is 7. The predicted octanol–water partition coefficient (Wildman–Crippen LogP) is -1.77. The van der Waals surface area contributed by atoms with Gasteiger partial charge in [-0.1, -0.05) is 0 Å². The van der Waals surface area contributed by atoms with Gasteiger partial charge in [0.15, 0.2) is 0 Å². The van der Waals surface area contributed by atoms with E-state index in [9.17, 15) is 14.4 Å².